The fourth-order valence-electron chi connectivity index (χ4n) is 1.25. The SMILES string of the molecule is CO[Si].CO[Si](OC)(OC)c1ccccc1. The summed E-state index contributed by atoms with van der Waals surface area (Å²) in [5.74, 6) is 0. The second-order valence-electron chi connectivity index (χ2n) is 2.74. The normalized spacial score (nSPS) is 10.6. The summed E-state index contributed by atoms with van der Waals surface area (Å²) in [4.78, 5) is 0. The minimum atomic E-state index is -2.59. The number of benzene rings is 1. The van der Waals surface area contributed by atoms with E-state index < -0.39 is 8.80 Å². The molecule has 0 bridgehead atoms. The predicted molar refractivity (Wildman–Crippen MR) is 65.6 cm³/mol. The zero-order valence-corrected chi connectivity index (χ0v) is 12.0. The zero-order valence-electron chi connectivity index (χ0n) is 10.0. The molecule has 0 heterocycles. The van der Waals surface area contributed by atoms with E-state index in [1.165, 1.54) is 7.11 Å². The summed E-state index contributed by atoms with van der Waals surface area (Å²) in [6, 6.07) is 9.72. The molecular weight excluding hydrogens is 240 g/mol. The molecule has 1 rings (SSSR count). The maximum atomic E-state index is 5.32. The highest BCUT2D eigenvalue weighted by molar-refractivity contribution is 6.75. The number of hydrogen-bond donors (Lipinski definition) is 0. The molecule has 0 saturated heterocycles. The molecule has 0 aromatic heterocycles. The van der Waals surface area contributed by atoms with E-state index in [1.807, 2.05) is 30.3 Å². The van der Waals surface area contributed by atoms with Gasteiger partial charge in [-0.25, -0.2) is 0 Å². The van der Waals surface area contributed by atoms with Crippen LogP contribution in [0.2, 0.25) is 0 Å². The Balaban J connectivity index is 0.000000673. The first-order chi connectivity index (χ1) is 7.70. The third kappa shape index (κ3) is 4.16. The van der Waals surface area contributed by atoms with Crippen LogP contribution in [0.25, 0.3) is 0 Å². The van der Waals surface area contributed by atoms with E-state index in [0.717, 1.165) is 5.19 Å². The summed E-state index contributed by atoms with van der Waals surface area (Å²) in [6.07, 6.45) is 0. The third-order valence-corrected chi connectivity index (χ3v) is 4.59. The van der Waals surface area contributed by atoms with Gasteiger partial charge in [0.25, 0.3) is 0 Å². The molecule has 0 atom stereocenters. The van der Waals surface area contributed by atoms with Gasteiger partial charge in [-0.3, -0.25) is 0 Å². The first-order valence-electron chi connectivity index (χ1n) is 4.61. The van der Waals surface area contributed by atoms with Gasteiger partial charge in [0.05, 0.1) is 0 Å². The Morgan fingerprint density at radius 1 is 0.875 bits per heavy atom. The van der Waals surface area contributed by atoms with Crippen LogP contribution < -0.4 is 5.19 Å². The lowest BCUT2D eigenvalue weighted by Crippen LogP contribution is -2.54. The first kappa shape index (κ1) is 15.5. The smallest absolute Gasteiger partial charge is 0.422 e. The Kier molecular flexibility index (Phi) is 8.35. The average molecular weight is 257 g/mol. The van der Waals surface area contributed by atoms with Crippen molar-refractivity contribution in [3.05, 3.63) is 30.3 Å². The van der Waals surface area contributed by atoms with Crippen LogP contribution in [-0.2, 0) is 17.7 Å². The lowest BCUT2D eigenvalue weighted by atomic mass is 10.4. The molecule has 0 spiro atoms. The molecule has 4 nitrogen and oxygen atoms in total. The molecule has 0 aliphatic heterocycles. The van der Waals surface area contributed by atoms with Crippen molar-refractivity contribution in [3.8, 4) is 0 Å². The van der Waals surface area contributed by atoms with E-state index in [1.54, 1.807) is 21.3 Å². The molecule has 16 heavy (non-hydrogen) atoms. The largest absolute Gasteiger partial charge is 0.536 e. The molecule has 0 N–H and O–H groups in total. The molecule has 0 unspecified atom stereocenters. The van der Waals surface area contributed by atoms with Crippen molar-refractivity contribution in [2.45, 2.75) is 0 Å². The highest BCUT2D eigenvalue weighted by Crippen LogP contribution is 2.05. The Bertz CT molecular complexity index is 257. The van der Waals surface area contributed by atoms with Crippen molar-refractivity contribution in [3.63, 3.8) is 0 Å². The van der Waals surface area contributed by atoms with Crippen LogP contribution >= 0.6 is 0 Å². The van der Waals surface area contributed by atoms with Crippen molar-refractivity contribution < 1.29 is 17.7 Å². The van der Waals surface area contributed by atoms with Crippen LogP contribution in [0.4, 0.5) is 0 Å². The second kappa shape index (κ2) is 8.62. The minimum absolute atomic E-state index is 0.975. The lowest BCUT2D eigenvalue weighted by Gasteiger charge is -2.24. The zero-order chi connectivity index (χ0) is 12.4. The van der Waals surface area contributed by atoms with Gasteiger partial charge >= 0.3 is 8.80 Å². The molecule has 0 aliphatic rings. The van der Waals surface area contributed by atoms with Crippen LogP contribution in [-0.4, -0.2) is 47.7 Å². The van der Waals surface area contributed by atoms with Gasteiger partial charge in [-0.05, 0) is 0 Å². The molecule has 1 aromatic rings. The van der Waals surface area contributed by atoms with Crippen LogP contribution in [0.5, 0.6) is 0 Å². The highest BCUT2D eigenvalue weighted by atomic mass is 28.4. The molecule has 0 aliphatic carbocycles. The maximum absolute atomic E-state index is 5.32. The first-order valence-corrected chi connectivity index (χ1v) is 6.74. The summed E-state index contributed by atoms with van der Waals surface area (Å²) >= 11 is 0. The van der Waals surface area contributed by atoms with Crippen molar-refractivity contribution in [2.24, 2.45) is 0 Å². The van der Waals surface area contributed by atoms with Gasteiger partial charge in [0, 0.05) is 33.6 Å². The average Bonchev–Trinajstić information content (AvgIpc) is 2.34. The monoisotopic (exact) mass is 257 g/mol. The molecule has 6 heteroatoms. The molecular formula is C10H17O4Si2. The van der Waals surface area contributed by atoms with Gasteiger partial charge in [-0.2, -0.15) is 0 Å². The molecule has 0 saturated carbocycles. The molecule has 0 fully saturated rings. The maximum Gasteiger partial charge on any atom is 0.536 e. The summed E-state index contributed by atoms with van der Waals surface area (Å²) in [5, 5.41) is 0.975. The molecule has 1 aromatic carbocycles. The third-order valence-electron chi connectivity index (χ3n) is 1.93. The van der Waals surface area contributed by atoms with Crippen molar-refractivity contribution in [1.29, 1.82) is 0 Å². The van der Waals surface area contributed by atoms with Crippen molar-refractivity contribution in [2.75, 3.05) is 28.4 Å². The second-order valence-corrected chi connectivity index (χ2v) is 6.06. The van der Waals surface area contributed by atoms with Crippen LogP contribution in [0.3, 0.4) is 0 Å². The van der Waals surface area contributed by atoms with Gasteiger partial charge in [-0.15, -0.1) is 0 Å². The van der Waals surface area contributed by atoms with E-state index in [0.29, 0.717) is 0 Å². The molecule has 0 amide bonds. The lowest BCUT2D eigenvalue weighted by molar-refractivity contribution is 0.140. The van der Waals surface area contributed by atoms with Crippen LogP contribution in [0.1, 0.15) is 0 Å². The van der Waals surface area contributed by atoms with Gasteiger partial charge in [0.1, 0.15) is 0 Å². The van der Waals surface area contributed by atoms with Crippen molar-refractivity contribution in [1.82, 2.24) is 0 Å². The van der Waals surface area contributed by atoms with E-state index >= 15 is 0 Å². The minimum Gasteiger partial charge on any atom is -0.422 e. The Hall–Kier alpha value is -0.506. The van der Waals surface area contributed by atoms with Gasteiger partial charge < -0.3 is 17.7 Å². The number of rotatable bonds is 4. The number of hydrogen-bond acceptors (Lipinski definition) is 4. The topological polar surface area (TPSA) is 36.9 Å². The highest BCUT2D eigenvalue weighted by Gasteiger charge is 2.40. The Morgan fingerprint density at radius 3 is 1.56 bits per heavy atom. The van der Waals surface area contributed by atoms with Gasteiger partial charge in [0.2, 0.25) is 10.5 Å². The van der Waals surface area contributed by atoms with Crippen LogP contribution in [0.15, 0.2) is 30.3 Å². The fourth-order valence-corrected chi connectivity index (χ4v) is 3.05. The quantitative estimate of drug-likeness (QED) is 0.736. The van der Waals surface area contributed by atoms with Gasteiger partial charge in [0.15, 0.2) is 0 Å². The molecule has 3 radical (unpaired) electrons. The summed E-state index contributed by atoms with van der Waals surface area (Å²) in [6.45, 7) is 0. The van der Waals surface area contributed by atoms with E-state index in [-0.39, 0.29) is 0 Å². The van der Waals surface area contributed by atoms with Crippen molar-refractivity contribution >= 4 is 24.5 Å². The summed E-state index contributed by atoms with van der Waals surface area (Å²) < 4.78 is 20.0. The standard InChI is InChI=1S/C9H14O3Si.CH3OSi/c1-10-13(11-2,12-3)9-7-5-4-6-8-9;1-2-3/h4-8H,1-3H3;1H3. The Morgan fingerprint density at radius 2 is 1.25 bits per heavy atom. The van der Waals surface area contributed by atoms with E-state index in [2.05, 4.69) is 14.9 Å². The Labute approximate surface area is 101 Å². The molecule has 89 valence electrons. The van der Waals surface area contributed by atoms with E-state index in [9.17, 15) is 0 Å². The fraction of sp³-hybridized carbons (Fsp3) is 0.400. The predicted octanol–water partition coefficient (Wildman–Crippen LogP) is 0.488. The van der Waals surface area contributed by atoms with Gasteiger partial charge in [-0.1, -0.05) is 30.3 Å². The van der Waals surface area contributed by atoms with Crippen LogP contribution in [0, 0.1) is 0 Å². The summed E-state index contributed by atoms with van der Waals surface area (Å²) in [7, 11) is 6.44. The van der Waals surface area contributed by atoms with E-state index in [4.69, 9.17) is 13.3 Å². The summed E-state index contributed by atoms with van der Waals surface area (Å²) in [5.41, 5.74) is 0.